The van der Waals surface area contributed by atoms with Crippen molar-refractivity contribution in [2.24, 2.45) is 0 Å². The summed E-state index contributed by atoms with van der Waals surface area (Å²) in [4.78, 5) is 34.9. The molecule has 0 aliphatic heterocycles. The molecule has 5 rings (SSSR count). The van der Waals surface area contributed by atoms with E-state index in [9.17, 15) is 9.59 Å². The van der Waals surface area contributed by atoms with Crippen LogP contribution in [0.5, 0.6) is 0 Å². The van der Waals surface area contributed by atoms with Gasteiger partial charge in [0.05, 0.1) is 36.8 Å². The van der Waals surface area contributed by atoms with Crippen molar-refractivity contribution in [3.05, 3.63) is 73.0 Å². The molecule has 10 heteroatoms. The van der Waals surface area contributed by atoms with Crippen LogP contribution in [0.2, 0.25) is 20.1 Å². The van der Waals surface area contributed by atoms with Crippen LogP contribution in [0.25, 0.3) is 27.2 Å². The molecule has 0 atom stereocenters. The second-order valence-corrected chi connectivity index (χ2v) is 8.76. The third-order valence-corrected chi connectivity index (χ3v) is 7.27. The van der Waals surface area contributed by atoms with Crippen LogP contribution in [0.15, 0.2) is 40.3 Å². The number of benzene rings is 2. The van der Waals surface area contributed by atoms with Gasteiger partial charge in [-0.25, -0.2) is 0 Å². The average molecular weight is 496 g/mol. The van der Waals surface area contributed by atoms with Crippen LogP contribution < -0.4 is 0 Å². The third kappa shape index (κ3) is 2.91. The topological polar surface area (TPSA) is 73.1 Å². The average Bonchev–Trinajstić information content (AvgIpc) is 3.38. The molecule has 1 aliphatic carbocycles. The van der Waals surface area contributed by atoms with Crippen LogP contribution in [0.4, 0.5) is 0 Å². The van der Waals surface area contributed by atoms with Gasteiger partial charge in [0.25, 0.3) is 5.71 Å². The number of rotatable bonds is 2. The lowest BCUT2D eigenvalue weighted by atomic mass is 10.1. The first-order valence-corrected chi connectivity index (χ1v) is 10.7. The van der Waals surface area contributed by atoms with Crippen molar-refractivity contribution in [1.29, 1.82) is 0 Å². The largest absolute Gasteiger partial charge is 0.417 e. The van der Waals surface area contributed by atoms with Crippen LogP contribution in [-0.2, 0) is 0 Å². The standard InChI is InChI=1S/C20H6Cl4N2O3S/c21-12-10-11(13(22)15(24)14(12)23)17(28)8(16(10)27)6-9-25-20-18(29-9)26-19(30-20)7-4-2-1-3-5-7/h1-6H. The molecule has 0 N–H and O–H groups in total. The summed E-state index contributed by atoms with van der Waals surface area (Å²) < 4.78 is 5.62. The monoisotopic (exact) mass is 494 g/mol. The molecule has 0 spiro atoms. The van der Waals surface area contributed by atoms with E-state index in [1.807, 2.05) is 30.3 Å². The van der Waals surface area contributed by atoms with Gasteiger partial charge in [0.2, 0.25) is 5.89 Å². The highest BCUT2D eigenvalue weighted by Gasteiger charge is 2.40. The Balaban J connectivity index is 1.57. The third-order valence-electron chi connectivity index (χ3n) is 4.49. The van der Waals surface area contributed by atoms with Gasteiger partial charge in [0.15, 0.2) is 16.4 Å². The highest BCUT2D eigenvalue weighted by atomic mass is 35.5. The Morgan fingerprint density at radius 2 is 1.43 bits per heavy atom. The van der Waals surface area contributed by atoms with Gasteiger partial charge in [-0.05, 0) is 0 Å². The second-order valence-electron chi connectivity index (χ2n) is 6.27. The number of allylic oxidation sites excluding steroid dienone is 1. The molecule has 2 heterocycles. The van der Waals surface area contributed by atoms with E-state index < -0.39 is 11.6 Å². The van der Waals surface area contributed by atoms with Crippen molar-refractivity contribution in [2.75, 3.05) is 0 Å². The maximum atomic E-state index is 12.8. The summed E-state index contributed by atoms with van der Waals surface area (Å²) in [5.74, 6) is -1.18. The second kappa shape index (κ2) is 7.18. The molecule has 5 nitrogen and oxygen atoms in total. The number of hydrogen-bond acceptors (Lipinski definition) is 6. The molecule has 0 amide bonds. The number of thiazole rings is 1. The molecule has 148 valence electrons. The molecule has 1 aliphatic rings. The molecule has 4 aromatic rings. The minimum Gasteiger partial charge on any atom is -0.417 e. The molecular formula is C20H6Cl4N2O3S. The highest BCUT2D eigenvalue weighted by molar-refractivity contribution is 7.21. The van der Waals surface area contributed by atoms with Crippen molar-refractivity contribution >= 4 is 85.9 Å². The first-order chi connectivity index (χ1) is 14.4. The Bertz CT molecular complexity index is 1340. The van der Waals surface area contributed by atoms with Crippen molar-refractivity contribution in [2.45, 2.75) is 0 Å². The van der Waals surface area contributed by atoms with Gasteiger partial charge in [-0.3, -0.25) is 9.59 Å². The number of oxazole rings is 1. The number of carbonyl (C=O) groups is 2. The fourth-order valence-corrected chi connectivity index (χ4v) is 5.01. The first kappa shape index (κ1) is 19.7. The lowest BCUT2D eigenvalue weighted by Gasteiger charge is -2.07. The smallest absolute Gasteiger partial charge is 0.259 e. The molecule has 30 heavy (non-hydrogen) atoms. The number of carbonyl (C=O) groups excluding carboxylic acids is 2. The maximum absolute atomic E-state index is 12.8. The van der Waals surface area contributed by atoms with Crippen molar-refractivity contribution < 1.29 is 14.0 Å². The number of hydrogen-bond donors (Lipinski definition) is 0. The SMILES string of the molecule is O=C1C(=Cc2nc3sc(-c4ccccc4)nc3o2)C(=O)c2c(Cl)c(Cl)c(Cl)c(Cl)c21. The summed E-state index contributed by atoms with van der Waals surface area (Å²) >= 11 is 25.7. The highest BCUT2D eigenvalue weighted by Crippen LogP contribution is 2.46. The summed E-state index contributed by atoms with van der Waals surface area (Å²) in [6.45, 7) is 0. The van der Waals surface area contributed by atoms with E-state index >= 15 is 0 Å². The normalized spacial score (nSPS) is 13.4. The molecule has 0 saturated carbocycles. The Hall–Kier alpha value is -2.22. The minimum atomic E-state index is -0.625. The molecule has 0 fully saturated rings. The van der Waals surface area contributed by atoms with Gasteiger partial charge in [0.1, 0.15) is 5.01 Å². The van der Waals surface area contributed by atoms with Crippen LogP contribution in [0.1, 0.15) is 26.6 Å². The van der Waals surface area contributed by atoms with E-state index in [4.69, 9.17) is 50.8 Å². The van der Waals surface area contributed by atoms with Gasteiger partial charge >= 0.3 is 0 Å². The molecule has 0 bridgehead atoms. The quantitative estimate of drug-likeness (QED) is 0.129. The predicted molar refractivity (Wildman–Crippen MR) is 118 cm³/mol. The van der Waals surface area contributed by atoms with Gasteiger partial charge in [0, 0.05) is 11.6 Å². The summed E-state index contributed by atoms with van der Waals surface area (Å²) in [7, 11) is 0. The molecule has 0 unspecified atom stereocenters. The van der Waals surface area contributed by atoms with Gasteiger partial charge in [-0.1, -0.05) is 88.1 Å². The van der Waals surface area contributed by atoms with Crippen LogP contribution in [0, 0.1) is 0 Å². The number of ketones is 2. The van der Waals surface area contributed by atoms with E-state index in [1.54, 1.807) is 0 Å². The molecule has 2 aromatic carbocycles. The van der Waals surface area contributed by atoms with E-state index in [0.29, 0.717) is 10.5 Å². The zero-order valence-corrected chi connectivity index (χ0v) is 18.3. The van der Waals surface area contributed by atoms with E-state index in [1.165, 1.54) is 17.4 Å². The lowest BCUT2D eigenvalue weighted by Crippen LogP contribution is -2.00. The summed E-state index contributed by atoms with van der Waals surface area (Å²) in [6, 6.07) is 9.59. The predicted octanol–water partition coefficient (Wildman–Crippen LogP) is 7.03. The van der Waals surface area contributed by atoms with Crippen molar-refractivity contribution in [3.8, 4) is 10.6 Å². The zero-order valence-electron chi connectivity index (χ0n) is 14.5. The molecule has 0 saturated heterocycles. The Labute approximate surface area is 192 Å². The van der Waals surface area contributed by atoms with Crippen LogP contribution in [0.3, 0.4) is 0 Å². The van der Waals surface area contributed by atoms with Gasteiger partial charge in [-0.2, -0.15) is 9.97 Å². The van der Waals surface area contributed by atoms with E-state index in [0.717, 1.165) is 10.6 Å². The van der Waals surface area contributed by atoms with Gasteiger partial charge < -0.3 is 4.42 Å². The minimum absolute atomic E-state index is 0.0670. The zero-order chi connectivity index (χ0) is 21.2. The van der Waals surface area contributed by atoms with E-state index in [-0.39, 0.29) is 42.7 Å². The number of aromatic nitrogens is 2. The summed E-state index contributed by atoms with van der Waals surface area (Å²) in [5, 5.41) is 0.340. The first-order valence-electron chi connectivity index (χ1n) is 8.36. The summed E-state index contributed by atoms with van der Waals surface area (Å²) in [5.41, 5.74) is 0.896. The summed E-state index contributed by atoms with van der Waals surface area (Å²) in [6.07, 6.45) is 1.25. The number of halogens is 4. The number of Topliss-reactive ketones (excluding diaryl/α,β-unsaturated/α-hetero) is 2. The van der Waals surface area contributed by atoms with Crippen LogP contribution in [-0.4, -0.2) is 21.5 Å². The number of nitrogens with zero attached hydrogens (tertiary/aromatic N) is 2. The fourth-order valence-electron chi connectivity index (χ4n) is 3.11. The molecular weight excluding hydrogens is 490 g/mol. The lowest BCUT2D eigenvalue weighted by molar-refractivity contribution is 0.0990. The fraction of sp³-hybridized carbons (Fsp3) is 0. The Kier molecular flexibility index (Phi) is 4.72. The van der Waals surface area contributed by atoms with Gasteiger partial charge in [-0.15, -0.1) is 0 Å². The maximum Gasteiger partial charge on any atom is 0.259 e. The number of fused-ring (bicyclic) bond motifs is 2. The van der Waals surface area contributed by atoms with Crippen molar-refractivity contribution in [3.63, 3.8) is 0 Å². The molecule has 0 radical (unpaired) electrons. The van der Waals surface area contributed by atoms with Crippen molar-refractivity contribution in [1.82, 2.24) is 9.97 Å². The van der Waals surface area contributed by atoms with E-state index in [2.05, 4.69) is 9.97 Å². The Morgan fingerprint density at radius 3 is 2.00 bits per heavy atom. The molecule has 2 aromatic heterocycles. The Morgan fingerprint density at radius 1 is 0.833 bits per heavy atom. The van der Waals surface area contributed by atoms with Crippen LogP contribution >= 0.6 is 57.7 Å².